The Bertz CT molecular complexity index is 953. The van der Waals surface area contributed by atoms with Crippen LogP contribution in [0.4, 0.5) is 0 Å². The summed E-state index contributed by atoms with van der Waals surface area (Å²) in [5.41, 5.74) is 3.64. The molecule has 0 N–H and O–H groups in total. The Kier molecular flexibility index (Phi) is 5.96. The van der Waals surface area contributed by atoms with E-state index in [1.807, 2.05) is 31.2 Å². The molecule has 0 amide bonds. The Balaban J connectivity index is 1.75. The number of aromatic nitrogens is 1. The van der Waals surface area contributed by atoms with Crippen LogP contribution in [0.5, 0.6) is 5.75 Å². The van der Waals surface area contributed by atoms with E-state index in [2.05, 4.69) is 46.0 Å². The molecule has 28 heavy (non-hydrogen) atoms. The van der Waals surface area contributed by atoms with Gasteiger partial charge in [-0.2, -0.15) is 0 Å². The van der Waals surface area contributed by atoms with Gasteiger partial charge in [0.1, 0.15) is 5.75 Å². The fraction of sp³-hybridized carbons (Fsp3) is 0.304. The molecule has 1 atom stereocenters. The van der Waals surface area contributed by atoms with Gasteiger partial charge in [-0.15, -0.1) is 0 Å². The van der Waals surface area contributed by atoms with E-state index in [1.165, 1.54) is 11.3 Å². The van der Waals surface area contributed by atoms with Gasteiger partial charge < -0.3 is 9.30 Å². The van der Waals surface area contributed by atoms with E-state index in [4.69, 9.17) is 27.9 Å². The highest BCUT2D eigenvalue weighted by Crippen LogP contribution is 2.36. The standard InChI is InChI=1S/C23H24Cl2N2O/c1-2-28-22-9-4-3-7-18(22)16-27-14-6-13-26-12-5-8-21(26)23(27)17-10-11-19(24)20(25)15-17/h3-5,7-12,15,23H,2,6,13-14,16H2,1H3. The van der Waals surface area contributed by atoms with Gasteiger partial charge in [0.2, 0.25) is 0 Å². The molecule has 3 nitrogen and oxygen atoms in total. The number of benzene rings is 2. The summed E-state index contributed by atoms with van der Waals surface area (Å²) < 4.78 is 8.22. The van der Waals surface area contributed by atoms with Gasteiger partial charge in [-0.05, 0) is 49.2 Å². The van der Waals surface area contributed by atoms with E-state index in [1.54, 1.807) is 0 Å². The smallest absolute Gasteiger partial charge is 0.123 e. The van der Waals surface area contributed by atoms with Crippen LogP contribution in [-0.4, -0.2) is 22.6 Å². The maximum atomic E-state index is 6.37. The molecule has 5 heteroatoms. The van der Waals surface area contributed by atoms with Gasteiger partial charge in [-0.1, -0.05) is 47.5 Å². The minimum absolute atomic E-state index is 0.113. The summed E-state index contributed by atoms with van der Waals surface area (Å²) in [5, 5.41) is 1.18. The number of halogens is 2. The van der Waals surface area contributed by atoms with Crippen molar-refractivity contribution in [3.05, 3.63) is 87.7 Å². The topological polar surface area (TPSA) is 17.4 Å². The largest absolute Gasteiger partial charge is 0.494 e. The van der Waals surface area contributed by atoms with Crippen molar-refractivity contribution in [3.63, 3.8) is 0 Å². The lowest BCUT2D eigenvalue weighted by molar-refractivity contribution is 0.215. The van der Waals surface area contributed by atoms with Gasteiger partial charge in [-0.3, -0.25) is 4.90 Å². The van der Waals surface area contributed by atoms with Crippen molar-refractivity contribution >= 4 is 23.2 Å². The van der Waals surface area contributed by atoms with Crippen LogP contribution < -0.4 is 4.74 Å². The van der Waals surface area contributed by atoms with Crippen LogP contribution in [0.2, 0.25) is 10.0 Å². The van der Waals surface area contributed by atoms with Crippen molar-refractivity contribution in [2.24, 2.45) is 0 Å². The summed E-state index contributed by atoms with van der Waals surface area (Å²) in [4.78, 5) is 2.51. The maximum Gasteiger partial charge on any atom is 0.123 e. The third-order valence-electron chi connectivity index (χ3n) is 5.26. The van der Waals surface area contributed by atoms with Gasteiger partial charge in [0.15, 0.2) is 0 Å². The molecule has 1 aliphatic heterocycles. The number of nitrogens with zero attached hydrogens (tertiary/aromatic N) is 2. The quantitative estimate of drug-likeness (QED) is 0.495. The second kappa shape index (κ2) is 8.60. The molecule has 0 spiro atoms. The highest BCUT2D eigenvalue weighted by atomic mass is 35.5. The van der Waals surface area contributed by atoms with Gasteiger partial charge in [0.05, 0.1) is 22.7 Å². The third kappa shape index (κ3) is 3.93. The number of para-hydroxylation sites is 1. The van der Waals surface area contributed by atoms with Crippen molar-refractivity contribution in [2.45, 2.75) is 32.5 Å². The number of hydrogen-bond acceptors (Lipinski definition) is 2. The molecule has 1 aromatic heterocycles. The lowest BCUT2D eigenvalue weighted by Crippen LogP contribution is -2.29. The minimum atomic E-state index is 0.113. The summed E-state index contributed by atoms with van der Waals surface area (Å²) >= 11 is 12.6. The van der Waals surface area contributed by atoms with Crippen LogP contribution >= 0.6 is 23.2 Å². The Morgan fingerprint density at radius 3 is 2.68 bits per heavy atom. The van der Waals surface area contributed by atoms with E-state index in [0.29, 0.717) is 16.7 Å². The second-order valence-electron chi connectivity index (χ2n) is 7.07. The van der Waals surface area contributed by atoms with Crippen LogP contribution in [-0.2, 0) is 13.1 Å². The summed E-state index contributed by atoms with van der Waals surface area (Å²) in [7, 11) is 0. The van der Waals surface area contributed by atoms with Crippen LogP contribution in [0, 0.1) is 0 Å². The van der Waals surface area contributed by atoms with E-state index in [-0.39, 0.29) is 6.04 Å². The van der Waals surface area contributed by atoms with E-state index < -0.39 is 0 Å². The first-order chi connectivity index (χ1) is 13.7. The second-order valence-corrected chi connectivity index (χ2v) is 7.88. The number of aryl methyl sites for hydroxylation is 1. The first-order valence-electron chi connectivity index (χ1n) is 9.72. The van der Waals surface area contributed by atoms with Gasteiger partial charge in [0, 0.05) is 37.1 Å². The predicted octanol–water partition coefficient (Wildman–Crippen LogP) is 6.19. The Hall–Kier alpha value is -1.94. The zero-order valence-electron chi connectivity index (χ0n) is 15.9. The molecule has 0 saturated heterocycles. The highest BCUT2D eigenvalue weighted by Gasteiger charge is 2.28. The molecule has 0 aliphatic carbocycles. The molecule has 146 valence electrons. The molecular weight excluding hydrogens is 391 g/mol. The number of fused-ring (bicyclic) bond motifs is 1. The van der Waals surface area contributed by atoms with Crippen LogP contribution in [0.1, 0.15) is 36.2 Å². The first-order valence-corrected chi connectivity index (χ1v) is 10.5. The van der Waals surface area contributed by atoms with Crippen LogP contribution in [0.3, 0.4) is 0 Å². The maximum absolute atomic E-state index is 6.37. The lowest BCUT2D eigenvalue weighted by atomic mass is 10.0. The van der Waals surface area contributed by atoms with Crippen molar-refractivity contribution in [1.29, 1.82) is 0 Å². The number of rotatable bonds is 5. The average molecular weight is 415 g/mol. The summed E-state index contributed by atoms with van der Waals surface area (Å²) in [5.74, 6) is 0.956. The Morgan fingerprint density at radius 2 is 1.86 bits per heavy atom. The zero-order chi connectivity index (χ0) is 19.5. The number of hydrogen-bond donors (Lipinski definition) is 0. The fourth-order valence-corrected chi connectivity index (χ4v) is 4.33. The van der Waals surface area contributed by atoms with Crippen molar-refractivity contribution in [3.8, 4) is 5.75 Å². The Labute approximate surface area is 176 Å². The molecular formula is C23H24Cl2N2O. The summed E-state index contributed by atoms with van der Waals surface area (Å²) in [6.45, 7) is 5.51. The molecule has 0 bridgehead atoms. The first kappa shape index (κ1) is 19.4. The molecule has 0 fully saturated rings. The Morgan fingerprint density at radius 1 is 1.00 bits per heavy atom. The molecule has 3 aromatic rings. The monoisotopic (exact) mass is 414 g/mol. The third-order valence-corrected chi connectivity index (χ3v) is 6.00. The van der Waals surface area contributed by atoms with Gasteiger partial charge in [-0.25, -0.2) is 0 Å². The van der Waals surface area contributed by atoms with Crippen molar-refractivity contribution in [2.75, 3.05) is 13.2 Å². The molecule has 2 heterocycles. The predicted molar refractivity (Wildman–Crippen MR) is 115 cm³/mol. The molecule has 0 saturated carbocycles. The van der Waals surface area contributed by atoms with Gasteiger partial charge >= 0.3 is 0 Å². The van der Waals surface area contributed by atoms with Gasteiger partial charge in [0.25, 0.3) is 0 Å². The molecule has 1 aliphatic rings. The average Bonchev–Trinajstić information content (AvgIpc) is 3.07. The van der Waals surface area contributed by atoms with Crippen molar-refractivity contribution in [1.82, 2.24) is 9.47 Å². The lowest BCUT2D eigenvalue weighted by Gasteiger charge is -2.31. The fourth-order valence-electron chi connectivity index (χ4n) is 4.02. The summed E-state index contributed by atoms with van der Waals surface area (Å²) in [6, 6.07) is 18.7. The molecule has 1 unspecified atom stereocenters. The molecule has 4 rings (SSSR count). The van der Waals surface area contributed by atoms with E-state index in [0.717, 1.165) is 37.4 Å². The van der Waals surface area contributed by atoms with Crippen LogP contribution in [0.15, 0.2) is 60.8 Å². The van der Waals surface area contributed by atoms with E-state index >= 15 is 0 Å². The van der Waals surface area contributed by atoms with Crippen LogP contribution in [0.25, 0.3) is 0 Å². The zero-order valence-corrected chi connectivity index (χ0v) is 17.5. The molecule has 2 aromatic carbocycles. The minimum Gasteiger partial charge on any atom is -0.494 e. The normalized spacial score (nSPS) is 17.2. The highest BCUT2D eigenvalue weighted by molar-refractivity contribution is 6.42. The number of ether oxygens (including phenoxy) is 1. The SMILES string of the molecule is CCOc1ccccc1CN1CCCn2cccc2C1c1ccc(Cl)c(Cl)c1. The summed E-state index contributed by atoms with van der Waals surface area (Å²) in [6.07, 6.45) is 3.26. The molecule has 0 radical (unpaired) electrons. The van der Waals surface area contributed by atoms with E-state index in [9.17, 15) is 0 Å². The van der Waals surface area contributed by atoms with Crippen molar-refractivity contribution < 1.29 is 4.74 Å².